The molecule has 1 atom stereocenters. The van der Waals surface area contributed by atoms with Gasteiger partial charge in [0.15, 0.2) is 0 Å². The molecule has 1 aliphatic heterocycles. The van der Waals surface area contributed by atoms with Crippen LogP contribution in [0.3, 0.4) is 0 Å². The fourth-order valence-corrected chi connectivity index (χ4v) is 2.32. The first-order valence-corrected chi connectivity index (χ1v) is 5.76. The van der Waals surface area contributed by atoms with Crippen molar-refractivity contribution in [2.24, 2.45) is 5.92 Å². The number of piperidine rings is 1. The molecule has 1 heterocycles. The molecule has 1 saturated heterocycles. The van der Waals surface area contributed by atoms with Crippen LogP contribution < -0.4 is 0 Å². The van der Waals surface area contributed by atoms with Crippen molar-refractivity contribution in [1.29, 1.82) is 0 Å². The molecule has 1 rings (SSSR count). The first-order valence-electron chi connectivity index (χ1n) is 5.76. The minimum absolute atomic E-state index is 0.251. The average Bonchev–Trinajstić information content (AvgIpc) is 2.21. The maximum Gasteiger partial charge on any atom is 0.320 e. The van der Waals surface area contributed by atoms with E-state index in [2.05, 4.69) is 4.90 Å². The summed E-state index contributed by atoms with van der Waals surface area (Å²) in [6.07, 6.45) is 3.56. The van der Waals surface area contributed by atoms with Crippen molar-refractivity contribution in [3.05, 3.63) is 0 Å². The van der Waals surface area contributed by atoms with E-state index in [1.54, 1.807) is 0 Å². The van der Waals surface area contributed by atoms with E-state index in [4.69, 9.17) is 10.2 Å². The predicted octanol–water partition coefficient (Wildman–Crippen LogP) is 0.944. The second kappa shape index (κ2) is 6.08. The van der Waals surface area contributed by atoms with Crippen LogP contribution >= 0.6 is 0 Å². The Labute approximate surface area is 90.9 Å². The van der Waals surface area contributed by atoms with Crippen LogP contribution in [-0.2, 0) is 4.79 Å². The quantitative estimate of drug-likeness (QED) is 0.716. The van der Waals surface area contributed by atoms with Crippen molar-refractivity contribution in [3.63, 3.8) is 0 Å². The minimum Gasteiger partial charge on any atom is -0.480 e. The number of carbonyl (C=O) groups is 1. The SMILES string of the molecule is CC[C@H](C(=O)O)N1CCC(CCO)CC1. The molecule has 0 unspecified atom stereocenters. The number of carboxylic acid groups (broad SMARTS) is 1. The molecule has 1 aliphatic rings. The Morgan fingerprint density at radius 1 is 1.47 bits per heavy atom. The number of rotatable bonds is 5. The van der Waals surface area contributed by atoms with Crippen molar-refractivity contribution in [1.82, 2.24) is 4.90 Å². The number of aliphatic hydroxyl groups excluding tert-OH is 1. The summed E-state index contributed by atoms with van der Waals surface area (Å²) in [5, 5.41) is 17.8. The highest BCUT2D eigenvalue weighted by Crippen LogP contribution is 2.22. The molecule has 1 fully saturated rings. The zero-order chi connectivity index (χ0) is 11.3. The number of hydrogen-bond acceptors (Lipinski definition) is 3. The van der Waals surface area contributed by atoms with Crippen LogP contribution in [0.25, 0.3) is 0 Å². The maximum atomic E-state index is 11.0. The Morgan fingerprint density at radius 2 is 2.07 bits per heavy atom. The molecule has 0 aliphatic carbocycles. The second-order valence-electron chi connectivity index (χ2n) is 4.25. The van der Waals surface area contributed by atoms with E-state index in [0.717, 1.165) is 32.4 Å². The van der Waals surface area contributed by atoms with E-state index in [1.807, 2.05) is 6.92 Å². The largest absolute Gasteiger partial charge is 0.480 e. The van der Waals surface area contributed by atoms with E-state index in [1.165, 1.54) is 0 Å². The van der Waals surface area contributed by atoms with Crippen molar-refractivity contribution < 1.29 is 15.0 Å². The fourth-order valence-electron chi connectivity index (χ4n) is 2.32. The van der Waals surface area contributed by atoms with Gasteiger partial charge >= 0.3 is 5.97 Å². The molecule has 2 N–H and O–H groups in total. The molecule has 0 amide bonds. The van der Waals surface area contributed by atoms with Crippen LogP contribution in [0.2, 0.25) is 0 Å². The van der Waals surface area contributed by atoms with E-state index in [9.17, 15) is 4.79 Å². The Morgan fingerprint density at radius 3 is 2.47 bits per heavy atom. The topological polar surface area (TPSA) is 60.8 Å². The van der Waals surface area contributed by atoms with Crippen LogP contribution in [0.5, 0.6) is 0 Å². The standard InChI is InChI=1S/C11H21NO3/c1-2-10(11(14)15)12-6-3-9(4-7-12)5-8-13/h9-10,13H,2-8H2,1H3,(H,14,15)/t10-/m1/s1. The number of nitrogens with zero attached hydrogens (tertiary/aromatic N) is 1. The Hall–Kier alpha value is -0.610. The third kappa shape index (κ3) is 3.47. The molecule has 0 saturated carbocycles. The Balaban J connectivity index is 2.38. The normalized spacial score (nSPS) is 21.5. The lowest BCUT2D eigenvalue weighted by Gasteiger charge is -2.35. The molecule has 0 radical (unpaired) electrons. The van der Waals surface area contributed by atoms with Crippen LogP contribution in [0, 0.1) is 5.92 Å². The van der Waals surface area contributed by atoms with Gasteiger partial charge in [0, 0.05) is 6.61 Å². The van der Waals surface area contributed by atoms with Crippen molar-refractivity contribution in [3.8, 4) is 0 Å². The summed E-state index contributed by atoms with van der Waals surface area (Å²) in [6.45, 7) is 3.88. The average molecular weight is 215 g/mol. The summed E-state index contributed by atoms with van der Waals surface area (Å²) >= 11 is 0. The summed E-state index contributed by atoms with van der Waals surface area (Å²) < 4.78 is 0. The number of aliphatic carboxylic acids is 1. The zero-order valence-corrected chi connectivity index (χ0v) is 9.35. The molecule has 4 heteroatoms. The molecule has 0 aromatic heterocycles. The van der Waals surface area contributed by atoms with Gasteiger partial charge in [0.1, 0.15) is 6.04 Å². The zero-order valence-electron chi connectivity index (χ0n) is 9.35. The van der Waals surface area contributed by atoms with Gasteiger partial charge in [-0.3, -0.25) is 9.69 Å². The highest BCUT2D eigenvalue weighted by molar-refractivity contribution is 5.73. The molecular weight excluding hydrogens is 194 g/mol. The van der Waals surface area contributed by atoms with Crippen molar-refractivity contribution >= 4 is 5.97 Å². The van der Waals surface area contributed by atoms with Crippen LogP contribution in [0.1, 0.15) is 32.6 Å². The lowest BCUT2D eigenvalue weighted by molar-refractivity contribution is -0.144. The van der Waals surface area contributed by atoms with Gasteiger partial charge in [-0.1, -0.05) is 6.92 Å². The van der Waals surface area contributed by atoms with Crippen LogP contribution in [0.15, 0.2) is 0 Å². The van der Waals surface area contributed by atoms with Gasteiger partial charge in [-0.15, -0.1) is 0 Å². The number of likely N-dealkylation sites (tertiary alicyclic amines) is 1. The third-order valence-electron chi connectivity index (χ3n) is 3.30. The lowest BCUT2D eigenvalue weighted by atomic mass is 9.93. The van der Waals surface area contributed by atoms with Crippen LogP contribution in [-0.4, -0.2) is 46.8 Å². The first-order chi connectivity index (χ1) is 7.19. The smallest absolute Gasteiger partial charge is 0.320 e. The summed E-state index contributed by atoms with van der Waals surface area (Å²) in [6, 6.07) is -0.319. The second-order valence-corrected chi connectivity index (χ2v) is 4.25. The van der Waals surface area contributed by atoms with Gasteiger partial charge in [0.05, 0.1) is 0 Å². The third-order valence-corrected chi connectivity index (χ3v) is 3.30. The van der Waals surface area contributed by atoms with Gasteiger partial charge in [-0.2, -0.15) is 0 Å². The van der Waals surface area contributed by atoms with Crippen molar-refractivity contribution in [2.45, 2.75) is 38.6 Å². The first kappa shape index (κ1) is 12.5. The molecule has 0 spiro atoms. The Kier molecular flexibility index (Phi) is 5.05. The van der Waals surface area contributed by atoms with Gasteiger partial charge in [0.25, 0.3) is 0 Å². The monoisotopic (exact) mass is 215 g/mol. The Bertz CT molecular complexity index is 200. The molecule has 0 aromatic carbocycles. The molecule has 0 aromatic rings. The summed E-state index contributed by atoms with van der Waals surface area (Å²) in [7, 11) is 0. The molecular formula is C11H21NO3. The molecule has 88 valence electrons. The van der Waals surface area contributed by atoms with E-state index < -0.39 is 5.97 Å². The van der Waals surface area contributed by atoms with Gasteiger partial charge < -0.3 is 10.2 Å². The molecule has 4 nitrogen and oxygen atoms in total. The number of aliphatic hydroxyl groups is 1. The summed E-state index contributed by atoms with van der Waals surface area (Å²) in [4.78, 5) is 13.0. The van der Waals surface area contributed by atoms with E-state index in [0.29, 0.717) is 12.3 Å². The highest BCUT2D eigenvalue weighted by atomic mass is 16.4. The fraction of sp³-hybridized carbons (Fsp3) is 0.909. The maximum absolute atomic E-state index is 11.0. The van der Waals surface area contributed by atoms with Gasteiger partial charge in [-0.05, 0) is 44.7 Å². The number of carboxylic acids is 1. The lowest BCUT2D eigenvalue weighted by Crippen LogP contribution is -2.45. The van der Waals surface area contributed by atoms with Crippen LogP contribution in [0.4, 0.5) is 0 Å². The van der Waals surface area contributed by atoms with Gasteiger partial charge in [0.2, 0.25) is 0 Å². The molecule has 15 heavy (non-hydrogen) atoms. The van der Waals surface area contributed by atoms with E-state index in [-0.39, 0.29) is 12.6 Å². The number of hydrogen-bond donors (Lipinski definition) is 2. The summed E-state index contributed by atoms with van der Waals surface area (Å²) in [5.41, 5.74) is 0. The highest BCUT2D eigenvalue weighted by Gasteiger charge is 2.27. The minimum atomic E-state index is -0.710. The van der Waals surface area contributed by atoms with E-state index >= 15 is 0 Å². The van der Waals surface area contributed by atoms with Gasteiger partial charge in [-0.25, -0.2) is 0 Å². The summed E-state index contributed by atoms with van der Waals surface area (Å²) in [5.74, 6) is -0.129. The predicted molar refractivity (Wildman–Crippen MR) is 57.7 cm³/mol. The van der Waals surface area contributed by atoms with Crippen molar-refractivity contribution in [2.75, 3.05) is 19.7 Å². The molecule has 0 bridgehead atoms.